The van der Waals surface area contributed by atoms with E-state index in [0.29, 0.717) is 13.0 Å². The highest BCUT2D eigenvalue weighted by molar-refractivity contribution is 5.87. The number of ether oxygens (including phenoxy) is 1. The summed E-state index contributed by atoms with van der Waals surface area (Å²) in [5.41, 5.74) is 3.15. The molecule has 0 unspecified atom stereocenters. The first-order valence-electron chi connectivity index (χ1n) is 11.0. The van der Waals surface area contributed by atoms with Crippen molar-refractivity contribution >= 4 is 11.9 Å². The number of aromatic carboxylic acids is 1. The van der Waals surface area contributed by atoms with Crippen molar-refractivity contribution < 1.29 is 19.4 Å². The van der Waals surface area contributed by atoms with Crippen molar-refractivity contribution in [3.63, 3.8) is 0 Å². The van der Waals surface area contributed by atoms with Gasteiger partial charge in [-0.1, -0.05) is 30.3 Å². The van der Waals surface area contributed by atoms with Crippen LogP contribution in [0, 0.1) is 0 Å². The molecule has 4 rings (SSSR count). The highest BCUT2D eigenvalue weighted by Crippen LogP contribution is 2.18. The number of carboxylic acid groups (broad SMARTS) is 1. The summed E-state index contributed by atoms with van der Waals surface area (Å²) in [6.07, 6.45) is 3.85. The Balaban J connectivity index is 1.26. The van der Waals surface area contributed by atoms with E-state index in [0.717, 1.165) is 55.2 Å². The van der Waals surface area contributed by atoms with Gasteiger partial charge in [0, 0.05) is 45.1 Å². The molecule has 3 aromatic rings. The number of carboxylic acids is 1. The number of amides is 1. The van der Waals surface area contributed by atoms with E-state index in [1.807, 2.05) is 41.3 Å². The van der Waals surface area contributed by atoms with Gasteiger partial charge in [0.05, 0.1) is 12.0 Å². The zero-order valence-corrected chi connectivity index (χ0v) is 18.4. The highest BCUT2D eigenvalue weighted by atomic mass is 16.5. The molecule has 1 amide bonds. The molecule has 7 heteroatoms. The molecule has 1 saturated heterocycles. The van der Waals surface area contributed by atoms with E-state index in [4.69, 9.17) is 9.84 Å². The molecule has 7 nitrogen and oxygen atoms in total. The number of nitrogens with zero attached hydrogens (tertiary/aromatic N) is 3. The van der Waals surface area contributed by atoms with Gasteiger partial charge in [-0.25, -0.2) is 4.79 Å². The number of hydrogen-bond donors (Lipinski definition) is 1. The van der Waals surface area contributed by atoms with Crippen molar-refractivity contribution in [3.05, 3.63) is 95.3 Å². The van der Waals surface area contributed by atoms with Crippen molar-refractivity contribution in [3.8, 4) is 5.75 Å². The maximum Gasteiger partial charge on any atom is 0.335 e. The standard InChI is InChI=1S/C26H27N3O4/c30-25(16-20-6-3-9-27-17-20)29-12-10-28(11-13-29)18-21-4-2-8-24(15-21)33-19-22-5-1-7-23(14-22)26(31)32/h1-9,14-15,17H,10-13,16,18-19H2,(H,31,32). The molecule has 0 bridgehead atoms. The third-order valence-corrected chi connectivity index (χ3v) is 5.69. The summed E-state index contributed by atoms with van der Waals surface area (Å²) >= 11 is 0. The van der Waals surface area contributed by atoms with Crippen LogP contribution in [-0.4, -0.2) is 57.9 Å². The van der Waals surface area contributed by atoms with Crippen LogP contribution in [0.4, 0.5) is 0 Å². The Morgan fingerprint density at radius 3 is 2.42 bits per heavy atom. The lowest BCUT2D eigenvalue weighted by Gasteiger charge is -2.34. The van der Waals surface area contributed by atoms with Crippen molar-refractivity contribution in [1.29, 1.82) is 0 Å². The topological polar surface area (TPSA) is 83.0 Å². The van der Waals surface area contributed by atoms with Gasteiger partial charge < -0.3 is 14.7 Å². The monoisotopic (exact) mass is 445 g/mol. The summed E-state index contributed by atoms with van der Waals surface area (Å²) in [5, 5.41) is 9.13. The number of benzene rings is 2. The van der Waals surface area contributed by atoms with Crippen molar-refractivity contribution in [2.75, 3.05) is 26.2 Å². The molecule has 0 atom stereocenters. The van der Waals surface area contributed by atoms with E-state index in [1.54, 1.807) is 30.6 Å². The van der Waals surface area contributed by atoms with Gasteiger partial charge in [0.1, 0.15) is 12.4 Å². The Morgan fingerprint density at radius 2 is 1.67 bits per heavy atom. The van der Waals surface area contributed by atoms with E-state index < -0.39 is 5.97 Å². The molecule has 1 aromatic heterocycles. The van der Waals surface area contributed by atoms with Gasteiger partial charge in [-0.3, -0.25) is 14.7 Å². The number of carbonyl (C=O) groups is 2. The predicted molar refractivity (Wildman–Crippen MR) is 124 cm³/mol. The van der Waals surface area contributed by atoms with E-state index in [1.165, 1.54) is 0 Å². The zero-order chi connectivity index (χ0) is 23.0. The van der Waals surface area contributed by atoms with Gasteiger partial charge in [0.25, 0.3) is 0 Å². The number of piperazine rings is 1. The molecule has 170 valence electrons. The van der Waals surface area contributed by atoms with E-state index in [9.17, 15) is 9.59 Å². The van der Waals surface area contributed by atoms with E-state index >= 15 is 0 Å². The first kappa shape index (κ1) is 22.5. The van der Waals surface area contributed by atoms with Crippen LogP contribution in [-0.2, 0) is 24.4 Å². The molecule has 33 heavy (non-hydrogen) atoms. The van der Waals surface area contributed by atoms with Crippen LogP contribution >= 0.6 is 0 Å². The van der Waals surface area contributed by atoms with E-state index in [-0.39, 0.29) is 11.5 Å². The lowest BCUT2D eigenvalue weighted by Crippen LogP contribution is -2.48. The molecule has 0 spiro atoms. The number of carbonyl (C=O) groups excluding carboxylic acids is 1. The van der Waals surface area contributed by atoms with Crippen LogP contribution in [0.5, 0.6) is 5.75 Å². The number of pyridine rings is 1. The van der Waals surface area contributed by atoms with Gasteiger partial charge in [0.15, 0.2) is 0 Å². The summed E-state index contributed by atoms with van der Waals surface area (Å²) in [7, 11) is 0. The lowest BCUT2D eigenvalue weighted by atomic mass is 10.1. The van der Waals surface area contributed by atoms with Gasteiger partial charge in [0.2, 0.25) is 5.91 Å². The Kier molecular flexibility index (Phi) is 7.32. The molecule has 1 aliphatic rings. The average Bonchev–Trinajstić information content (AvgIpc) is 2.84. The first-order valence-corrected chi connectivity index (χ1v) is 11.0. The molecule has 2 heterocycles. The minimum absolute atomic E-state index is 0.144. The van der Waals surface area contributed by atoms with Crippen molar-refractivity contribution in [2.24, 2.45) is 0 Å². The lowest BCUT2D eigenvalue weighted by molar-refractivity contribution is -0.132. The van der Waals surface area contributed by atoms with Crippen LogP contribution in [0.1, 0.15) is 27.0 Å². The van der Waals surface area contributed by atoms with Crippen molar-refractivity contribution in [1.82, 2.24) is 14.8 Å². The predicted octanol–water partition coefficient (Wildman–Crippen LogP) is 3.25. The molecule has 1 N–H and O–H groups in total. The van der Waals surface area contributed by atoms with Crippen LogP contribution in [0.2, 0.25) is 0 Å². The summed E-state index contributed by atoms with van der Waals surface area (Å²) in [4.78, 5) is 32.0. The van der Waals surface area contributed by atoms with Gasteiger partial charge in [-0.2, -0.15) is 0 Å². The number of aromatic nitrogens is 1. The summed E-state index contributed by atoms with van der Waals surface area (Å²) in [6, 6.07) is 18.5. The maximum atomic E-state index is 12.6. The second-order valence-electron chi connectivity index (χ2n) is 8.14. The molecule has 0 saturated carbocycles. The second kappa shape index (κ2) is 10.7. The molecule has 0 aliphatic carbocycles. The fourth-order valence-corrected chi connectivity index (χ4v) is 3.90. The average molecular weight is 446 g/mol. The van der Waals surface area contributed by atoms with Crippen LogP contribution in [0.3, 0.4) is 0 Å². The molecule has 0 radical (unpaired) electrons. The van der Waals surface area contributed by atoms with Crippen molar-refractivity contribution in [2.45, 2.75) is 19.6 Å². The smallest absolute Gasteiger partial charge is 0.335 e. The van der Waals surface area contributed by atoms with Crippen LogP contribution < -0.4 is 4.74 Å². The zero-order valence-electron chi connectivity index (χ0n) is 18.4. The normalized spacial score (nSPS) is 14.1. The van der Waals surface area contributed by atoms with Gasteiger partial charge in [-0.15, -0.1) is 0 Å². The third-order valence-electron chi connectivity index (χ3n) is 5.69. The van der Waals surface area contributed by atoms with Gasteiger partial charge in [-0.05, 0) is 47.0 Å². The molecule has 2 aromatic carbocycles. The fourth-order valence-electron chi connectivity index (χ4n) is 3.90. The van der Waals surface area contributed by atoms with Gasteiger partial charge >= 0.3 is 5.97 Å². The quantitative estimate of drug-likeness (QED) is 0.573. The Bertz CT molecular complexity index is 1100. The number of rotatable bonds is 8. The number of hydrogen-bond acceptors (Lipinski definition) is 5. The SMILES string of the molecule is O=C(O)c1cccc(COc2cccc(CN3CCN(C(=O)Cc4cccnc4)CC3)c2)c1. The Hall–Kier alpha value is -3.71. The largest absolute Gasteiger partial charge is 0.489 e. The Labute approximate surface area is 193 Å². The molecule has 1 aliphatic heterocycles. The first-order chi connectivity index (χ1) is 16.1. The summed E-state index contributed by atoms with van der Waals surface area (Å²) in [6.45, 7) is 4.18. The fraction of sp³-hybridized carbons (Fsp3) is 0.269. The summed E-state index contributed by atoms with van der Waals surface area (Å²) in [5.74, 6) is -0.0544. The second-order valence-corrected chi connectivity index (χ2v) is 8.14. The van der Waals surface area contributed by atoms with Crippen LogP contribution in [0.15, 0.2) is 73.1 Å². The van der Waals surface area contributed by atoms with Crippen LogP contribution in [0.25, 0.3) is 0 Å². The molecular formula is C26H27N3O4. The molecular weight excluding hydrogens is 418 g/mol. The Morgan fingerprint density at radius 1 is 0.909 bits per heavy atom. The minimum Gasteiger partial charge on any atom is -0.489 e. The third kappa shape index (κ3) is 6.40. The summed E-state index contributed by atoms with van der Waals surface area (Å²) < 4.78 is 5.89. The maximum absolute atomic E-state index is 12.6. The highest BCUT2D eigenvalue weighted by Gasteiger charge is 2.21. The van der Waals surface area contributed by atoms with E-state index in [2.05, 4.69) is 16.0 Å². The molecule has 1 fully saturated rings. The minimum atomic E-state index is -0.947.